The summed E-state index contributed by atoms with van der Waals surface area (Å²) < 4.78 is 38.0. The summed E-state index contributed by atoms with van der Waals surface area (Å²) in [6, 6.07) is 0.533. The molecule has 2 rings (SSSR count). The van der Waals surface area contributed by atoms with Crippen molar-refractivity contribution >= 4 is 5.91 Å². The molecule has 1 amide bonds. The van der Waals surface area contributed by atoms with E-state index >= 15 is 0 Å². The molecule has 108 valence electrons. The Morgan fingerprint density at radius 2 is 2.30 bits per heavy atom. The van der Waals surface area contributed by atoms with E-state index < -0.39 is 17.8 Å². The molecule has 0 saturated carbocycles. The monoisotopic (exact) mass is 287 g/mol. The van der Waals surface area contributed by atoms with E-state index in [1.165, 1.54) is 0 Å². The summed E-state index contributed by atoms with van der Waals surface area (Å²) >= 11 is 0. The van der Waals surface area contributed by atoms with E-state index in [1.54, 1.807) is 19.3 Å². The van der Waals surface area contributed by atoms with E-state index in [2.05, 4.69) is 20.6 Å². The zero-order chi connectivity index (χ0) is 14.8. The summed E-state index contributed by atoms with van der Waals surface area (Å²) in [5, 5.41) is 12.3. The molecule has 0 aliphatic carbocycles. The quantitative estimate of drug-likeness (QED) is 0.894. The standard InChI is InChI=1S/C11H12F3N5O/c1-7(8-4-15-16-5-8)17-10(20)6-19-3-2-9(18-19)11(12,13)14/h2-5,7H,6H2,1H3,(H,15,16)(H,17,20). The number of amides is 1. The van der Waals surface area contributed by atoms with Gasteiger partial charge < -0.3 is 5.32 Å². The Bertz CT molecular complexity index is 575. The van der Waals surface area contributed by atoms with Gasteiger partial charge in [-0.25, -0.2) is 0 Å². The first-order valence-corrected chi connectivity index (χ1v) is 5.75. The lowest BCUT2D eigenvalue weighted by molar-refractivity contribution is -0.141. The summed E-state index contributed by atoms with van der Waals surface area (Å²) in [6.07, 6.45) is -0.210. The number of H-pyrrole nitrogens is 1. The predicted molar refractivity (Wildman–Crippen MR) is 62.4 cm³/mol. The van der Waals surface area contributed by atoms with Crippen molar-refractivity contribution in [2.24, 2.45) is 0 Å². The molecule has 0 aromatic carbocycles. The average molecular weight is 287 g/mol. The van der Waals surface area contributed by atoms with Crippen LogP contribution >= 0.6 is 0 Å². The van der Waals surface area contributed by atoms with Crippen molar-refractivity contribution in [2.45, 2.75) is 25.7 Å². The van der Waals surface area contributed by atoms with E-state index in [0.717, 1.165) is 22.5 Å². The normalized spacial score (nSPS) is 13.2. The van der Waals surface area contributed by atoms with Crippen LogP contribution in [-0.2, 0) is 17.5 Å². The second-order valence-electron chi connectivity index (χ2n) is 4.22. The molecule has 20 heavy (non-hydrogen) atoms. The van der Waals surface area contributed by atoms with Crippen molar-refractivity contribution < 1.29 is 18.0 Å². The van der Waals surface area contributed by atoms with Crippen molar-refractivity contribution in [1.82, 2.24) is 25.3 Å². The second kappa shape index (κ2) is 5.35. The first-order valence-electron chi connectivity index (χ1n) is 5.75. The van der Waals surface area contributed by atoms with Crippen LogP contribution in [0.5, 0.6) is 0 Å². The minimum absolute atomic E-state index is 0.279. The van der Waals surface area contributed by atoms with Crippen molar-refractivity contribution in [3.05, 3.63) is 35.9 Å². The van der Waals surface area contributed by atoms with Gasteiger partial charge in [0.2, 0.25) is 5.91 Å². The van der Waals surface area contributed by atoms with Gasteiger partial charge in [0.05, 0.1) is 12.2 Å². The SMILES string of the molecule is CC(NC(=O)Cn1ccc(C(F)(F)F)n1)c1cn[nH]c1. The highest BCUT2D eigenvalue weighted by atomic mass is 19.4. The zero-order valence-electron chi connectivity index (χ0n) is 10.5. The van der Waals surface area contributed by atoms with E-state index in [-0.39, 0.29) is 12.6 Å². The molecule has 9 heteroatoms. The smallest absolute Gasteiger partial charge is 0.348 e. The molecule has 0 radical (unpaired) electrons. The van der Waals surface area contributed by atoms with Gasteiger partial charge >= 0.3 is 6.18 Å². The largest absolute Gasteiger partial charge is 0.435 e. The van der Waals surface area contributed by atoms with Crippen LogP contribution in [0, 0.1) is 0 Å². The van der Waals surface area contributed by atoms with Crippen molar-refractivity contribution in [1.29, 1.82) is 0 Å². The molecule has 0 fully saturated rings. The van der Waals surface area contributed by atoms with Crippen molar-refractivity contribution in [2.75, 3.05) is 0 Å². The Kier molecular flexibility index (Phi) is 3.77. The molecule has 0 saturated heterocycles. The highest BCUT2D eigenvalue weighted by molar-refractivity contribution is 5.76. The van der Waals surface area contributed by atoms with Crippen LogP contribution in [0.1, 0.15) is 24.2 Å². The van der Waals surface area contributed by atoms with Gasteiger partial charge in [0, 0.05) is 18.0 Å². The summed E-state index contributed by atoms with van der Waals surface area (Å²) in [4.78, 5) is 11.7. The minimum Gasteiger partial charge on any atom is -0.348 e. The molecule has 2 aromatic rings. The first kappa shape index (κ1) is 14.1. The Morgan fingerprint density at radius 1 is 1.55 bits per heavy atom. The molecule has 2 N–H and O–H groups in total. The minimum atomic E-state index is -4.51. The maximum atomic E-state index is 12.3. The lowest BCUT2D eigenvalue weighted by Gasteiger charge is -2.11. The van der Waals surface area contributed by atoms with Gasteiger partial charge in [-0.2, -0.15) is 23.4 Å². The molecule has 0 spiro atoms. The number of hydrogen-bond donors (Lipinski definition) is 2. The maximum absolute atomic E-state index is 12.3. The average Bonchev–Trinajstić information content (AvgIpc) is 2.97. The maximum Gasteiger partial charge on any atom is 0.435 e. The van der Waals surface area contributed by atoms with E-state index in [9.17, 15) is 18.0 Å². The molecular weight excluding hydrogens is 275 g/mol. The van der Waals surface area contributed by atoms with Crippen LogP contribution < -0.4 is 5.32 Å². The summed E-state index contributed by atoms with van der Waals surface area (Å²) in [6.45, 7) is 1.46. The molecule has 0 aliphatic heterocycles. The van der Waals surface area contributed by atoms with Crippen LogP contribution in [0.15, 0.2) is 24.7 Å². The summed E-state index contributed by atoms with van der Waals surface area (Å²) in [5.74, 6) is -0.435. The third-order valence-corrected chi connectivity index (χ3v) is 2.63. The van der Waals surface area contributed by atoms with Gasteiger partial charge in [0.15, 0.2) is 5.69 Å². The number of carbonyl (C=O) groups excluding carboxylic acids is 1. The number of aromatic amines is 1. The zero-order valence-corrected chi connectivity index (χ0v) is 10.5. The van der Waals surface area contributed by atoms with Gasteiger partial charge in [0.1, 0.15) is 6.54 Å². The number of nitrogens with zero attached hydrogens (tertiary/aromatic N) is 3. The van der Waals surface area contributed by atoms with Crippen LogP contribution in [0.2, 0.25) is 0 Å². The second-order valence-corrected chi connectivity index (χ2v) is 4.22. The molecule has 1 unspecified atom stereocenters. The van der Waals surface area contributed by atoms with E-state index in [1.807, 2.05) is 0 Å². The predicted octanol–water partition coefficient (Wildman–Crippen LogP) is 1.50. The fraction of sp³-hybridized carbons (Fsp3) is 0.364. The Morgan fingerprint density at radius 3 is 2.85 bits per heavy atom. The van der Waals surface area contributed by atoms with E-state index in [0.29, 0.717) is 0 Å². The molecule has 2 heterocycles. The van der Waals surface area contributed by atoms with Crippen LogP contribution in [0.3, 0.4) is 0 Å². The van der Waals surface area contributed by atoms with Gasteiger partial charge in [0.25, 0.3) is 0 Å². The van der Waals surface area contributed by atoms with Gasteiger partial charge in [-0.05, 0) is 13.0 Å². The lowest BCUT2D eigenvalue weighted by Crippen LogP contribution is -2.30. The Hall–Kier alpha value is -2.32. The summed E-state index contributed by atoms with van der Waals surface area (Å²) in [7, 11) is 0. The molecule has 1 atom stereocenters. The number of nitrogens with one attached hydrogen (secondary N) is 2. The van der Waals surface area contributed by atoms with Gasteiger partial charge in [-0.1, -0.05) is 0 Å². The third-order valence-electron chi connectivity index (χ3n) is 2.63. The molecule has 6 nitrogen and oxygen atoms in total. The molecule has 0 bridgehead atoms. The Labute approximate surface area is 112 Å². The number of alkyl halides is 3. The molecular formula is C11H12F3N5O. The van der Waals surface area contributed by atoms with E-state index in [4.69, 9.17) is 0 Å². The van der Waals surface area contributed by atoms with Crippen LogP contribution in [-0.4, -0.2) is 25.9 Å². The lowest BCUT2D eigenvalue weighted by atomic mass is 10.2. The fourth-order valence-electron chi connectivity index (χ4n) is 1.62. The number of halogens is 3. The first-order chi connectivity index (χ1) is 9.36. The van der Waals surface area contributed by atoms with Crippen LogP contribution in [0.25, 0.3) is 0 Å². The van der Waals surface area contributed by atoms with Gasteiger partial charge in [-0.3, -0.25) is 14.6 Å². The third kappa shape index (κ3) is 3.37. The summed E-state index contributed by atoms with van der Waals surface area (Å²) in [5.41, 5.74) is -0.247. The topological polar surface area (TPSA) is 75.6 Å². The van der Waals surface area contributed by atoms with Crippen molar-refractivity contribution in [3.8, 4) is 0 Å². The molecule has 0 aliphatic rings. The van der Waals surface area contributed by atoms with Gasteiger partial charge in [-0.15, -0.1) is 0 Å². The Balaban J connectivity index is 1.93. The number of carbonyl (C=O) groups is 1. The number of hydrogen-bond acceptors (Lipinski definition) is 3. The number of rotatable bonds is 4. The highest BCUT2D eigenvalue weighted by Gasteiger charge is 2.33. The van der Waals surface area contributed by atoms with Crippen LogP contribution in [0.4, 0.5) is 13.2 Å². The van der Waals surface area contributed by atoms with Crippen molar-refractivity contribution in [3.63, 3.8) is 0 Å². The highest BCUT2D eigenvalue weighted by Crippen LogP contribution is 2.27. The molecule has 2 aromatic heterocycles. The fourth-order valence-corrected chi connectivity index (χ4v) is 1.62. The number of aromatic nitrogens is 4.